The number of carbonyl (C=O) groups is 1. The third-order valence-corrected chi connectivity index (χ3v) is 4.42. The molecule has 1 aromatic carbocycles. The minimum atomic E-state index is -0.520. The molecule has 0 radical (unpaired) electrons. The largest absolute Gasteiger partial charge is 0.390 e. The van der Waals surface area contributed by atoms with E-state index in [9.17, 15) is 9.90 Å². The van der Waals surface area contributed by atoms with Gasteiger partial charge in [0.05, 0.1) is 6.10 Å². The molecule has 2 amide bonds. The first-order valence-corrected chi connectivity index (χ1v) is 8.50. The molecule has 23 heavy (non-hydrogen) atoms. The molecular weight excluding hydrogens is 290 g/mol. The van der Waals surface area contributed by atoms with E-state index >= 15 is 0 Å². The third-order valence-electron chi connectivity index (χ3n) is 4.42. The van der Waals surface area contributed by atoms with Gasteiger partial charge in [-0.15, -0.1) is 0 Å². The number of piperidine rings is 1. The lowest BCUT2D eigenvalue weighted by atomic mass is 9.99. The summed E-state index contributed by atoms with van der Waals surface area (Å²) in [4.78, 5) is 14.1. The van der Waals surface area contributed by atoms with Crippen LogP contribution in [-0.4, -0.2) is 48.3 Å². The minimum absolute atomic E-state index is 0.239. The SMILES string of the molecule is Cc1ccc(CNC(=O)NCC(O)CN2CCC(C)CC2)cc1. The molecule has 0 bridgehead atoms. The molecule has 1 atom stereocenters. The van der Waals surface area contributed by atoms with E-state index in [4.69, 9.17) is 0 Å². The van der Waals surface area contributed by atoms with Gasteiger partial charge in [-0.05, 0) is 44.3 Å². The van der Waals surface area contributed by atoms with E-state index in [0.717, 1.165) is 24.6 Å². The van der Waals surface area contributed by atoms with Crippen LogP contribution < -0.4 is 10.6 Å². The standard InChI is InChI=1S/C18H29N3O2/c1-14-3-5-16(6-4-14)11-19-18(23)20-12-17(22)13-21-9-7-15(2)8-10-21/h3-6,15,17,22H,7-13H2,1-2H3,(H2,19,20,23). The first-order valence-electron chi connectivity index (χ1n) is 8.50. The Morgan fingerprint density at radius 2 is 1.91 bits per heavy atom. The van der Waals surface area contributed by atoms with Gasteiger partial charge in [0.1, 0.15) is 0 Å². The van der Waals surface area contributed by atoms with Crippen LogP contribution in [0.4, 0.5) is 4.79 Å². The lowest BCUT2D eigenvalue weighted by Gasteiger charge is -2.31. The normalized spacial score (nSPS) is 17.7. The monoisotopic (exact) mass is 319 g/mol. The van der Waals surface area contributed by atoms with Crippen molar-refractivity contribution in [2.45, 2.75) is 39.3 Å². The topological polar surface area (TPSA) is 64.6 Å². The van der Waals surface area contributed by atoms with Gasteiger partial charge >= 0.3 is 6.03 Å². The van der Waals surface area contributed by atoms with Gasteiger partial charge in [-0.1, -0.05) is 36.8 Å². The van der Waals surface area contributed by atoms with E-state index in [2.05, 4.69) is 22.5 Å². The number of rotatable bonds is 6. The number of benzene rings is 1. The van der Waals surface area contributed by atoms with Crippen LogP contribution in [0.15, 0.2) is 24.3 Å². The average molecular weight is 319 g/mol. The fourth-order valence-corrected chi connectivity index (χ4v) is 2.77. The highest BCUT2D eigenvalue weighted by Gasteiger charge is 2.18. The van der Waals surface area contributed by atoms with E-state index in [1.54, 1.807) is 0 Å². The van der Waals surface area contributed by atoms with E-state index in [0.29, 0.717) is 13.1 Å². The molecule has 1 unspecified atom stereocenters. The molecule has 5 nitrogen and oxygen atoms in total. The van der Waals surface area contributed by atoms with Gasteiger partial charge in [-0.25, -0.2) is 4.79 Å². The van der Waals surface area contributed by atoms with Gasteiger partial charge in [-0.3, -0.25) is 0 Å². The molecule has 0 spiro atoms. The Kier molecular flexibility index (Phi) is 6.86. The lowest BCUT2D eigenvalue weighted by Crippen LogP contribution is -2.45. The number of nitrogens with one attached hydrogen (secondary N) is 2. The summed E-state index contributed by atoms with van der Waals surface area (Å²) in [5.74, 6) is 0.786. The molecular formula is C18H29N3O2. The molecule has 1 aromatic rings. The molecule has 1 fully saturated rings. The second-order valence-corrected chi connectivity index (χ2v) is 6.69. The van der Waals surface area contributed by atoms with Gasteiger partial charge in [0.15, 0.2) is 0 Å². The first kappa shape index (κ1) is 17.8. The molecule has 0 aliphatic carbocycles. The van der Waals surface area contributed by atoms with Gasteiger partial charge < -0.3 is 20.6 Å². The molecule has 1 heterocycles. The molecule has 0 aromatic heterocycles. The predicted molar refractivity (Wildman–Crippen MR) is 92.3 cm³/mol. The van der Waals surface area contributed by atoms with Crippen LogP contribution in [0.25, 0.3) is 0 Å². The molecule has 1 aliphatic heterocycles. The Labute approximate surface area is 139 Å². The summed E-state index contributed by atoms with van der Waals surface area (Å²) in [5.41, 5.74) is 2.27. The fourth-order valence-electron chi connectivity index (χ4n) is 2.77. The average Bonchev–Trinajstić information content (AvgIpc) is 2.54. The van der Waals surface area contributed by atoms with Crippen molar-refractivity contribution >= 4 is 6.03 Å². The van der Waals surface area contributed by atoms with Gasteiger partial charge in [-0.2, -0.15) is 0 Å². The van der Waals surface area contributed by atoms with Gasteiger partial charge in [0.2, 0.25) is 0 Å². The van der Waals surface area contributed by atoms with Gasteiger partial charge in [0.25, 0.3) is 0 Å². The number of urea groups is 1. The van der Waals surface area contributed by atoms with E-state index < -0.39 is 6.10 Å². The highest BCUT2D eigenvalue weighted by molar-refractivity contribution is 5.73. The number of hydrogen-bond acceptors (Lipinski definition) is 3. The molecule has 128 valence electrons. The number of aliphatic hydroxyl groups excluding tert-OH is 1. The maximum absolute atomic E-state index is 11.8. The van der Waals surface area contributed by atoms with Crippen molar-refractivity contribution in [3.8, 4) is 0 Å². The number of aliphatic hydroxyl groups is 1. The molecule has 5 heteroatoms. The predicted octanol–water partition coefficient (Wildman–Crippen LogP) is 1.89. The number of hydrogen-bond donors (Lipinski definition) is 3. The Hall–Kier alpha value is -1.59. The molecule has 3 N–H and O–H groups in total. The Bertz CT molecular complexity index is 482. The van der Waals surface area contributed by atoms with Crippen molar-refractivity contribution in [2.75, 3.05) is 26.2 Å². The minimum Gasteiger partial charge on any atom is -0.390 e. The fraction of sp³-hybridized carbons (Fsp3) is 0.611. The summed E-state index contributed by atoms with van der Waals surface area (Å²) < 4.78 is 0. The maximum atomic E-state index is 11.8. The summed E-state index contributed by atoms with van der Waals surface area (Å²) in [7, 11) is 0. The van der Waals surface area contributed by atoms with E-state index in [1.807, 2.05) is 31.2 Å². The van der Waals surface area contributed by atoms with Crippen molar-refractivity contribution in [3.63, 3.8) is 0 Å². The highest BCUT2D eigenvalue weighted by atomic mass is 16.3. The smallest absolute Gasteiger partial charge is 0.315 e. The van der Waals surface area contributed by atoms with Crippen LogP contribution in [0, 0.1) is 12.8 Å². The van der Waals surface area contributed by atoms with Crippen LogP contribution in [0.3, 0.4) is 0 Å². The van der Waals surface area contributed by atoms with Crippen molar-refractivity contribution in [1.29, 1.82) is 0 Å². The zero-order valence-corrected chi connectivity index (χ0v) is 14.2. The number of likely N-dealkylation sites (tertiary alicyclic amines) is 1. The summed E-state index contributed by atoms with van der Waals surface area (Å²) in [6, 6.07) is 7.82. The Balaban J connectivity index is 1.60. The second kappa shape index (κ2) is 8.89. The molecule has 0 saturated carbocycles. The quantitative estimate of drug-likeness (QED) is 0.750. The number of amides is 2. The van der Waals surface area contributed by atoms with Crippen molar-refractivity contribution in [3.05, 3.63) is 35.4 Å². The van der Waals surface area contributed by atoms with Crippen molar-refractivity contribution < 1.29 is 9.90 Å². The van der Waals surface area contributed by atoms with Gasteiger partial charge in [0, 0.05) is 19.6 Å². The number of carbonyl (C=O) groups excluding carboxylic acids is 1. The van der Waals surface area contributed by atoms with Crippen LogP contribution in [0.5, 0.6) is 0 Å². The van der Waals surface area contributed by atoms with Crippen LogP contribution in [0.2, 0.25) is 0 Å². The van der Waals surface area contributed by atoms with E-state index in [-0.39, 0.29) is 12.6 Å². The maximum Gasteiger partial charge on any atom is 0.315 e. The number of aryl methyl sites for hydroxylation is 1. The van der Waals surface area contributed by atoms with Crippen LogP contribution in [0.1, 0.15) is 30.9 Å². The second-order valence-electron chi connectivity index (χ2n) is 6.69. The third kappa shape index (κ3) is 6.59. The number of nitrogens with zero attached hydrogens (tertiary/aromatic N) is 1. The van der Waals surface area contributed by atoms with Crippen molar-refractivity contribution in [1.82, 2.24) is 15.5 Å². The highest BCUT2D eigenvalue weighted by Crippen LogP contribution is 2.15. The first-order chi connectivity index (χ1) is 11.0. The van der Waals surface area contributed by atoms with Crippen LogP contribution >= 0.6 is 0 Å². The zero-order valence-electron chi connectivity index (χ0n) is 14.2. The van der Waals surface area contributed by atoms with E-state index in [1.165, 1.54) is 18.4 Å². The molecule has 2 rings (SSSR count). The lowest BCUT2D eigenvalue weighted by molar-refractivity contribution is 0.0920. The molecule has 1 aliphatic rings. The summed E-state index contributed by atoms with van der Waals surface area (Å²) in [6.07, 6.45) is 1.86. The Morgan fingerprint density at radius 1 is 1.26 bits per heavy atom. The van der Waals surface area contributed by atoms with Crippen LogP contribution in [-0.2, 0) is 6.54 Å². The summed E-state index contributed by atoms with van der Waals surface area (Å²) in [5, 5.41) is 15.6. The zero-order chi connectivity index (χ0) is 16.7. The number of β-amino-alcohol motifs (C(OH)–C–C–N with tert-alkyl or cyclic N) is 1. The summed E-state index contributed by atoms with van der Waals surface area (Å²) in [6.45, 7) is 7.79. The molecule has 1 saturated heterocycles. The van der Waals surface area contributed by atoms with Crippen molar-refractivity contribution in [2.24, 2.45) is 5.92 Å². The summed E-state index contributed by atoms with van der Waals surface area (Å²) >= 11 is 0. The Morgan fingerprint density at radius 3 is 2.57 bits per heavy atom.